The molecule has 0 unspecified atom stereocenters. The van der Waals surface area contributed by atoms with Crippen LogP contribution in [-0.4, -0.2) is 23.0 Å². The highest BCUT2D eigenvalue weighted by Gasteiger charge is 2.20. The molecule has 1 aromatic heterocycles. The van der Waals surface area contributed by atoms with Crippen LogP contribution in [0.4, 0.5) is 0 Å². The molecule has 5 nitrogen and oxygen atoms in total. The summed E-state index contributed by atoms with van der Waals surface area (Å²) in [5.74, 6) is 0.836. The lowest BCUT2D eigenvalue weighted by Gasteiger charge is -2.23. The van der Waals surface area contributed by atoms with Crippen LogP contribution in [0.1, 0.15) is 21.7 Å². The molecule has 1 N–H and O–H groups in total. The Labute approximate surface area is 156 Å². The fraction of sp³-hybridized carbons (Fsp3) is 0.150. The maximum absolute atomic E-state index is 13.0. The molecule has 0 saturated carbocycles. The molecule has 0 radical (unpaired) electrons. The number of hydrogen-bond donors (Lipinski definition) is 1. The molecule has 0 aliphatic carbocycles. The number of rotatable bonds is 6. The average molecular weight is 372 g/mol. The SMILES string of the molecule is COc1ccc(CN(Cc2ccco2)C(=O)c2ccccc2Cl)cc1O. The molecule has 1 heterocycles. The second-order valence-corrected chi connectivity index (χ2v) is 6.13. The van der Waals surface area contributed by atoms with Gasteiger partial charge >= 0.3 is 0 Å². The van der Waals surface area contributed by atoms with Crippen molar-refractivity contribution in [3.63, 3.8) is 0 Å². The van der Waals surface area contributed by atoms with Crippen LogP contribution in [-0.2, 0) is 13.1 Å². The number of nitrogens with zero attached hydrogens (tertiary/aromatic N) is 1. The summed E-state index contributed by atoms with van der Waals surface area (Å²) >= 11 is 6.19. The first-order valence-corrected chi connectivity index (χ1v) is 8.38. The number of amides is 1. The number of hydrogen-bond acceptors (Lipinski definition) is 4. The molecule has 0 fully saturated rings. The van der Waals surface area contributed by atoms with Gasteiger partial charge in [0.15, 0.2) is 11.5 Å². The molecule has 6 heteroatoms. The van der Waals surface area contributed by atoms with Crippen LogP contribution < -0.4 is 4.74 Å². The molecular weight excluding hydrogens is 354 g/mol. The lowest BCUT2D eigenvalue weighted by molar-refractivity contribution is 0.0717. The van der Waals surface area contributed by atoms with Crippen LogP contribution in [0.2, 0.25) is 5.02 Å². The van der Waals surface area contributed by atoms with Crippen molar-refractivity contribution in [3.05, 3.63) is 82.8 Å². The molecule has 2 aromatic carbocycles. The summed E-state index contributed by atoms with van der Waals surface area (Å²) in [6.07, 6.45) is 1.56. The number of furan rings is 1. The molecular formula is C20H18ClNO4. The predicted molar refractivity (Wildman–Crippen MR) is 98.4 cm³/mol. The van der Waals surface area contributed by atoms with Crippen molar-refractivity contribution < 1.29 is 19.1 Å². The van der Waals surface area contributed by atoms with E-state index in [1.54, 1.807) is 65.8 Å². The Balaban J connectivity index is 1.89. The number of methoxy groups -OCH3 is 1. The van der Waals surface area contributed by atoms with Crippen LogP contribution >= 0.6 is 11.6 Å². The normalized spacial score (nSPS) is 10.5. The number of halogens is 1. The summed E-state index contributed by atoms with van der Waals surface area (Å²) in [6, 6.07) is 15.5. The van der Waals surface area contributed by atoms with Gasteiger partial charge in [-0.2, -0.15) is 0 Å². The van der Waals surface area contributed by atoms with Crippen molar-refractivity contribution in [1.82, 2.24) is 4.90 Å². The molecule has 1 amide bonds. The smallest absolute Gasteiger partial charge is 0.256 e. The van der Waals surface area contributed by atoms with Gasteiger partial charge in [-0.1, -0.05) is 29.8 Å². The van der Waals surface area contributed by atoms with Gasteiger partial charge in [-0.25, -0.2) is 0 Å². The highest BCUT2D eigenvalue weighted by molar-refractivity contribution is 6.33. The molecule has 3 rings (SSSR count). The lowest BCUT2D eigenvalue weighted by Crippen LogP contribution is -2.30. The highest BCUT2D eigenvalue weighted by Crippen LogP contribution is 2.28. The van der Waals surface area contributed by atoms with Crippen molar-refractivity contribution in [2.24, 2.45) is 0 Å². The number of phenols is 1. The van der Waals surface area contributed by atoms with E-state index in [4.69, 9.17) is 20.8 Å². The first-order valence-electron chi connectivity index (χ1n) is 8.00. The Hall–Kier alpha value is -2.92. The third-order valence-corrected chi connectivity index (χ3v) is 4.26. The van der Waals surface area contributed by atoms with E-state index >= 15 is 0 Å². The molecule has 0 aliphatic rings. The lowest BCUT2D eigenvalue weighted by atomic mass is 10.1. The van der Waals surface area contributed by atoms with Crippen molar-refractivity contribution in [3.8, 4) is 11.5 Å². The van der Waals surface area contributed by atoms with E-state index in [0.29, 0.717) is 22.1 Å². The summed E-state index contributed by atoms with van der Waals surface area (Å²) in [5, 5.41) is 10.4. The van der Waals surface area contributed by atoms with Crippen LogP contribution in [0.25, 0.3) is 0 Å². The monoisotopic (exact) mass is 371 g/mol. The summed E-state index contributed by atoms with van der Waals surface area (Å²) in [7, 11) is 1.48. The van der Waals surface area contributed by atoms with Crippen molar-refractivity contribution in [2.75, 3.05) is 7.11 Å². The Morgan fingerprint density at radius 3 is 2.62 bits per heavy atom. The molecule has 0 aliphatic heterocycles. The van der Waals surface area contributed by atoms with E-state index in [0.717, 1.165) is 5.56 Å². The maximum atomic E-state index is 13.0. The first-order chi connectivity index (χ1) is 12.6. The predicted octanol–water partition coefficient (Wildman–Crippen LogP) is 4.49. The largest absolute Gasteiger partial charge is 0.504 e. The van der Waals surface area contributed by atoms with E-state index in [1.165, 1.54) is 7.11 Å². The standard InChI is InChI=1S/C20H18ClNO4/c1-25-19-9-8-14(11-18(19)23)12-22(13-15-5-4-10-26-15)20(24)16-6-2-3-7-17(16)21/h2-11,23H,12-13H2,1H3. The van der Waals surface area contributed by atoms with Crippen LogP contribution in [0, 0.1) is 0 Å². The van der Waals surface area contributed by atoms with E-state index < -0.39 is 0 Å². The Morgan fingerprint density at radius 2 is 1.96 bits per heavy atom. The van der Waals surface area contributed by atoms with Crippen LogP contribution in [0.5, 0.6) is 11.5 Å². The average Bonchev–Trinajstić information content (AvgIpc) is 3.14. The quantitative estimate of drug-likeness (QED) is 0.693. The molecule has 0 bridgehead atoms. The fourth-order valence-electron chi connectivity index (χ4n) is 2.65. The zero-order valence-electron chi connectivity index (χ0n) is 14.2. The zero-order valence-corrected chi connectivity index (χ0v) is 14.9. The topological polar surface area (TPSA) is 62.9 Å². The molecule has 0 saturated heterocycles. The summed E-state index contributed by atoms with van der Waals surface area (Å²) in [4.78, 5) is 14.6. The Kier molecular flexibility index (Phi) is 5.49. The second-order valence-electron chi connectivity index (χ2n) is 5.73. The number of ether oxygens (including phenoxy) is 1. The van der Waals surface area contributed by atoms with Crippen molar-refractivity contribution in [1.29, 1.82) is 0 Å². The molecule has 26 heavy (non-hydrogen) atoms. The van der Waals surface area contributed by atoms with Gasteiger partial charge in [0.2, 0.25) is 0 Å². The summed E-state index contributed by atoms with van der Waals surface area (Å²) in [6.45, 7) is 0.562. The molecule has 3 aromatic rings. The Morgan fingerprint density at radius 1 is 1.15 bits per heavy atom. The van der Waals surface area contributed by atoms with Crippen molar-refractivity contribution >= 4 is 17.5 Å². The Bertz CT molecular complexity index is 893. The van der Waals surface area contributed by atoms with Gasteiger partial charge in [0.25, 0.3) is 5.91 Å². The number of carbonyl (C=O) groups excluding carboxylic acids is 1. The number of aromatic hydroxyl groups is 1. The van der Waals surface area contributed by atoms with Gasteiger partial charge < -0.3 is 19.2 Å². The van der Waals surface area contributed by atoms with Crippen LogP contribution in [0.3, 0.4) is 0 Å². The number of carbonyl (C=O) groups is 1. The third kappa shape index (κ3) is 4.00. The van der Waals surface area contributed by atoms with Gasteiger partial charge in [0, 0.05) is 6.54 Å². The van der Waals surface area contributed by atoms with E-state index in [2.05, 4.69) is 0 Å². The summed E-state index contributed by atoms with van der Waals surface area (Å²) in [5.41, 5.74) is 1.17. The minimum absolute atomic E-state index is 0.0214. The minimum Gasteiger partial charge on any atom is -0.504 e. The number of phenolic OH excluding ortho intramolecular Hbond substituents is 1. The van der Waals surface area contributed by atoms with E-state index in [1.807, 2.05) is 0 Å². The van der Waals surface area contributed by atoms with Gasteiger partial charge in [-0.05, 0) is 42.0 Å². The third-order valence-electron chi connectivity index (χ3n) is 3.93. The van der Waals surface area contributed by atoms with Crippen LogP contribution in [0.15, 0.2) is 65.3 Å². The molecule has 0 atom stereocenters. The fourth-order valence-corrected chi connectivity index (χ4v) is 2.87. The highest BCUT2D eigenvalue weighted by atomic mass is 35.5. The van der Waals surface area contributed by atoms with Gasteiger partial charge in [-0.15, -0.1) is 0 Å². The maximum Gasteiger partial charge on any atom is 0.256 e. The zero-order chi connectivity index (χ0) is 18.5. The summed E-state index contributed by atoms with van der Waals surface area (Å²) < 4.78 is 10.4. The van der Waals surface area contributed by atoms with E-state index in [9.17, 15) is 9.90 Å². The first kappa shape index (κ1) is 17.9. The minimum atomic E-state index is -0.220. The van der Waals surface area contributed by atoms with Gasteiger partial charge in [0.1, 0.15) is 5.76 Å². The van der Waals surface area contributed by atoms with Crippen molar-refractivity contribution in [2.45, 2.75) is 13.1 Å². The van der Waals surface area contributed by atoms with Gasteiger partial charge in [-0.3, -0.25) is 4.79 Å². The number of benzene rings is 2. The van der Waals surface area contributed by atoms with E-state index in [-0.39, 0.29) is 24.7 Å². The molecule has 0 spiro atoms. The van der Waals surface area contributed by atoms with Gasteiger partial charge in [0.05, 0.1) is 30.5 Å². The second kappa shape index (κ2) is 7.97. The molecule has 134 valence electrons.